The predicted molar refractivity (Wildman–Crippen MR) is 98.3 cm³/mol. The lowest BCUT2D eigenvalue weighted by atomic mass is 9.90. The number of aromatic nitrogens is 2. The molecule has 1 atom stereocenters. The fourth-order valence-corrected chi connectivity index (χ4v) is 3.42. The van der Waals surface area contributed by atoms with E-state index >= 15 is 0 Å². The second-order valence-corrected chi connectivity index (χ2v) is 6.76. The normalized spacial score (nSPS) is 21.0. The fourth-order valence-electron chi connectivity index (χ4n) is 3.42. The number of nitrogens with zero attached hydrogens (tertiary/aromatic N) is 2. The third kappa shape index (κ3) is 2.90. The summed E-state index contributed by atoms with van der Waals surface area (Å²) >= 11 is 0. The molecule has 4 rings (SSSR count). The first-order valence-corrected chi connectivity index (χ1v) is 8.74. The van der Waals surface area contributed by atoms with E-state index in [0.717, 1.165) is 16.8 Å². The Kier molecular flexibility index (Phi) is 4.27. The molecule has 0 aromatic carbocycles. The maximum absolute atomic E-state index is 12.4. The Labute approximate surface area is 152 Å². The Morgan fingerprint density at radius 1 is 1.38 bits per heavy atom. The quantitative estimate of drug-likeness (QED) is 0.788. The Balaban J connectivity index is 1.65. The van der Waals surface area contributed by atoms with Crippen LogP contribution in [0.25, 0.3) is 0 Å². The fraction of sp³-hybridized carbons (Fsp3) is 0.400. The zero-order chi connectivity index (χ0) is 18.1. The van der Waals surface area contributed by atoms with Gasteiger partial charge < -0.3 is 19.4 Å². The molecule has 2 aromatic heterocycles. The maximum Gasteiger partial charge on any atom is 0.271 e. The molecular weight excluding hydrogens is 330 g/mol. The SMILES string of the molecule is Cc1ncccc1C#Cc1c[nH]c(=O)c(N2CCOC3(COC3)C2C)c1. The number of H-pyrrole nitrogens is 1. The van der Waals surface area contributed by atoms with Crippen LogP contribution in [0.3, 0.4) is 0 Å². The summed E-state index contributed by atoms with van der Waals surface area (Å²) in [5.41, 5.74) is 2.74. The smallest absolute Gasteiger partial charge is 0.271 e. The topological polar surface area (TPSA) is 67.5 Å². The van der Waals surface area contributed by atoms with Crippen LogP contribution in [0, 0.1) is 18.8 Å². The first-order valence-electron chi connectivity index (χ1n) is 8.74. The van der Waals surface area contributed by atoms with Crippen LogP contribution in [-0.2, 0) is 9.47 Å². The summed E-state index contributed by atoms with van der Waals surface area (Å²) < 4.78 is 11.3. The van der Waals surface area contributed by atoms with E-state index in [9.17, 15) is 4.79 Å². The van der Waals surface area contributed by atoms with Gasteiger partial charge in [-0.2, -0.15) is 0 Å². The lowest BCUT2D eigenvalue weighted by Crippen LogP contribution is -2.68. The van der Waals surface area contributed by atoms with Gasteiger partial charge in [0.05, 0.1) is 31.6 Å². The van der Waals surface area contributed by atoms with Crippen molar-refractivity contribution in [2.75, 3.05) is 31.3 Å². The van der Waals surface area contributed by atoms with Gasteiger partial charge in [-0.25, -0.2) is 0 Å². The number of aryl methyl sites for hydroxylation is 1. The van der Waals surface area contributed by atoms with E-state index in [1.807, 2.05) is 25.1 Å². The summed E-state index contributed by atoms with van der Waals surface area (Å²) in [5, 5.41) is 0. The number of aromatic amines is 1. The van der Waals surface area contributed by atoms with Gasteiger partial charge in [-0.05, 0) is 32.0 Å². The van der Waals surface area contributed by atoms with Crippen LogP contribution in [0.2, 0.25) is 0 Å². The molecule has 0 radical (unpaired) electrons. The molecule has 1 N–H and O–H groups in total. The molecule has 26 heavy (non-hydrogen) atoms. The average molecular weight is 351 g/mol. The van der Waals surface area contributed by atoms with Gasteiger partial charge in [0, 0.05) is 30.1 Å². The highest BCUT2D eigenvalue weighted by Gasteiger charge is 2.50. The molecule has 1 unspecified atom stereocenters. The van der Waals surface area contributed by atoms with Crippen molar-refractivity contribution >= 4 is 5.69 Å². The van der Waals surface area contributed by atoms with Gasteiger partial charge in [0.1, 0.15) is 11.3 Å². The Morgan fingerprint density at radius 2 is 2.23 bits per heavy atom. The Hall–Kier alpha value is -2.62. The molecule has 6 nitrogen and oxygen atoms in total. The standard InChI is InChI=1S/C20H21N3O3/c1-14-17(4-3-7-21-14)6-5-16-10-18(19(24)22-11-16)23-8-9-26-20(15(23)2)12-25-13-20/h3-4,7,10-11,15H,8-9,12-13H2,1-2H3,(H,22,24). The minimum atomic E-state index is -0.306. The molecule has 4 heterocycles. The van der Waals surface area contributed by atoms with Crippen molar-refractivity contribution in [3.63, 3.8) is 0 Å². The summed E-state index contributed by atoms with van der Waals surface area (Å²) in [7, 11) is 0. The van der Waals surface area contributed by atoms with E-state index in [4.69, 9.17) is 9.47 Å². The van der Waals surface area contributed by atoms with Gasteiger partial charge in [-0.15, -0.1) is 0 Å². The van der Waals surface area contributed by atoms with Crippen molar-refractivity contribution in [3.8, 4) is 11.8 Å². The summed E-state index contributed by atoms with van der Waals surface area (Å²) in [6, 6.07) is 5.72. The molecule has 2 aliphatic heterocycles. The molecule has 2 aliphatic rings. The average Bonchev–Trinajstić information content (AvgIpc) is 2.61. The molecule has 0 saturated carbocycles. The highest BCUT2D eigenvalue weighted by molar-refractivity contribution is 5.53. The lowest BCUT2D eigenvalue weighted by molar-refractivity contribution is -0.228. The Bertz CT molecular complexity index is 937. The first kappa shape index (κ1) is 16.8. The summed E-state index contributed by atoms with van der Waals surface area (Å²) in [6.07, 6.45) is 3.40. The number of pyridine rings is 2. The number of ether oxygens (including phenoxy) is 2. The van der Waals surface area contributed by atoms with Crippen LogP contribution in [-0.4, -0.2) is 48.0 Å². The minimum absolute atomic E-state index is 0.0647. The maximum atomic E-state index is 12.4. The zero-order valence-corrected chi connectivity index (χ0v) is 14.9. The molecule has 0 bridgehead atoms. The van der Waals surface area contributed by atoms with Crippen molar-refractivity contribution < 1.29 is 9.47 Å². The minimum Gasteiger partial charge on any atom is -0.375 e. The number of rotatable bonds is 1. The van der Waals surface area contributed by atoms with Crippen molar-refractivity contribution in [2.24, 2.45) is 0 Å². The summed E-state index contributed by atoms with van der Waals surface area (Å²) in [6.45, 7) is 6.41. The highest BCUT2D eigenvalue weighted by atomic mass is 16.6. The van der Waals surface area contributed by atoms with Crippen LogP contribution in [0.15, 0.2) is 35.4 Å². The number of nitrogens with one attached hydrogen (secondary N) is 1. The zero-order valence-electron chi connectivity index (χ0n) is 14.9. The van der Waals surface area contributed by atoms with Gasteiger partial charge in [-0.1, -0.05) is 11.8 Å². The third-order valence-corrected chi connectivity index (χ3v) is 5.18. The van der Waals surface area contributed by atoms with E-state index in [0.29, 0.717) is 32.1 Å². The van der Waals surface area contributed by atoms with Crippen LogP contribution in [0.1, 0.15) is 23.7 Å². The van der Waals surface area contributed by atoms with E-state index in [2.05, 4.69) is 33.6 Å². The molecule has 1 spiro atoms. The number of anilines is 1. The van der Waals surface area contributed by atoms with Crippen molar-refractivity contribution in [1.29, 1.82) is 0 Å². The van der Waals surface area contributed by atoms with Crippen LogP contribution >= 0.6 is 0 Å². The number of hydrogen-bond donors (Lipinski definition) is 1. The van der Waals surface area contributed by atoms with E-state index in [1.54, 1.807) is 12.4 Å². The van der Waals surface area contributed by atoms with Gasteiger partial charge >= 0.3 is 0 Å². The van der Waals surface area contributed by atoms with Gasteiger partial charge in [0.15, 0.2) is 0 Å². The lowest BCUT2D eigenvalue weighted by Gasteiger charge is -2.53. The second-order valence-electron chi connectivity index (χ2n) is 6.76. The van der Waals surface area contributed by atoms with Crippen LogP contribution < -0.4 is 10.5 Å². The Morgan fingerprint density at radius 3 is 2.96 bits per heavy atom. The first-order chi connectivity index (χ1) is 12.6. The largest absolute Gasteiger partial charge is 0.375 e. The highest BCUT2D eigenvalue weighted by Crippen LogP contribution is 2.34. The number of morpholine rings is 1. The molecule has 2 saturated heterocycles. The van der Waals surface area contributed by atoms with Gasteiger partial charge in [0.25, 0.3) is 5.56 Å². The van der Waals surface area contributed by atoms with Crippen molar-refractivity contribution in [1.82, 2.24) is 9.97 Å². The van der Waals surface area contributed by atoms with E-state index in [1.165, 1.54) is 0 Å². The van der Waals surface area contributed by atoms with Crippen LogP contribution in [0.5, 0.6) is 0 Å². The molecule has 2 aromatic rings. The number of hydrogen-bond acceptors (Lipinski definition) is 5. The van der Waals surface area contributed by atoms with Gasteiger partial charge in [-0.3, -0.25) is 9.78 Å². The molecular formula is C20H21N3O3. The van der Waals surface area contributed by atoms with Crippen molar-refractivity contribution in [2.45, 2.75) is 25.5 Å². The monoisotopic (exact) mass is 351 g/mol. The van der Waals surface area contributed by atoms with Gasteiger partial charge in [0.2, 0.25) is 0 Å². The molecule has 0 aliphatic carbocycles. The van der Waals surface area contributed by atoms with Crippen molar-refractivity contribution in [3.05, 3.63) is 57.8 Å². The van der Waals surface area contributed by atoms with E-state index in [-0.39, 0.29) is 17.2 Å². The van der Waals surface area contributed by atoms with Crippen LogP contribution in [0.4, 0.5) is 5.69 Å². The van der Waals surface area contributed by atoms with E-state index < -0.39 is 0 Å². The second kappa shape index (κ2) is 6.60. The summed E-state index contributed by atoms with van der Waals surface area (Å²) in [4.78, 5) is 21.6. The molecule has 0 amide bonds. The summed E-state index contributed by atoms with van der Waals surface area (Å²) in [5.74, 6) is 6.26. The predicted octanol–water partition coefficient (Wildman–Crippen LogP) is 1.47. The molecule has 2 fully saturated rings. The molecule has 134 valence electrons. The third-order valence-electron chi connectivity index (χ3n) is 5.18. The molecule has 6 heteroatoms.